The monoisotopic (exact) mass is 239 g/mol. The smallest absolute Gasteiger partial charge is 0.260 e. The normalized spacial score (nSPS) is 12.5. The Morgan fingerprint density at radius 3 is 2.65 bits per heavy atom. The second-order valence-corrected chi connectivity index (χ2v) is 4.13. The Hall–Kier alpha value is -1.52. The average molecular weight is 239 g/mol. The van der Waals surface area contributed by atoms with E-state index in [0.717, 1.165) is 12.8 Å². The van der Waals surface area contributed by atoms with Crippen LogP contribution in [-0.2, 0) is 11.8 Å². The van der Waals surface area contributed by atoms with Crippen LogP contribution in [0.2, 0.25) is 0 Å². The minimum atomic E-state index is -0.500. The standard InChI is InChI=1S/C12H21N3O2/c1-5-10(6-2)14-12(16)9(3)17-11-7-13-15(4)8-11/h7-10H,5-6H2,1-4H3,(H,14,16). The summed E-state index contributed by atoms with van der Waals surface area (Å²) in [6, 6.07) is 0.224. The fourth-order valence-electron chi connectivity index (χ4n) is 1.53. The molecule has 0 aromatic carbocycles. The molecule has 0 saturated heterocycles. The summed E-state index contributed by atoms with van der Waals surface area (Å²) in [4.78, 5) is 11.8. The zero-order valence-electron chi connectivity index (χ0n) is 10.9. The van der Waals surface area contributed by atoms with Crippen molar-refractivity contribution in [3.8, 4) is 5.75 Å². The number of aromatic nitrogens is 2. The first kappa shape index (κ1) is 13.5. The molecule has 0 radical (unpaired) electrons. The van der Waals surface area contributed by atoms with Crippen molar-refractivity contribution in [2.75, 3.05) is 0 Å². The number of amides is 1. The van der Waals surface area contributed by atoms with Crippen LogP contribution in [0.15, 0.2) is 12.4 Å². The average Bonchev–Trinajstić information content (AvgIpc) is 2.71. The van der Waals surface area contributed by atoms with Gasteiger partial charge in [-0.2, -0.15) is 5.10 Å². The quantitative estimate of drug-likeness (QED) is 0.818. The molecule has 0 fully saturated rings. The molecule has 1 amide bonds. The maximum atomic E-state index is 11.8. The van der Waals surface area contributed by atoms with Crippen LogP contribution in [0.1, 0.15) is 33.6 Å². The maximum absolute atomic E-state index is 11.8. The predicted molar refractivity (Wildman–Crippen MR) is 65.8 cm³/mol. The van der Waals surface area contributed by atoms with Gasteiger partial charge in [0.25, 0.3) is 5.91 Å². The van der Waals surface area contributed by atoms with Gasteiger partial charge in [0.2, 0.25) is 0 Å². The van der Waals surface area contributed by atoms with E-state index >= 15 is 0 Å². The topological polar surface area (TPSA) is 56.1 Å². The molecule has 1 heterocycles. The summed E-state index contributed by atoms with van der Waals surface area (Å²) >= 11 is 0. The summed E-state index contributed by atoms with van der Waals surface area (Å²) < 4.78 is 7.13. The number of rotatable bonds is 6. The molecule has 1 aromatic heterocycles. The fourth-order valence-corrected chi connectivity index (χ4v) is 1.53. The molecule has 1 rings (SSSR count). The van der Waals surface area contributed by atoms with Gasteiger partial charge in [-0.1, -0.05) is 13.8 Å². The van der Waals surface area contributed by atoms with Gasteiger partial charge in [0.05, 0.1) is 12.4 Å². The molecule has 0 aliphatic heterocycles. The Labute approximate surface area is 102 Å². The minimum Gasteiger partial charge on any atom is -0.478 e. The first-order valence-corrected chi connectivity index (χ1v) is 6.02. The van der Waals surface area contributed by atoms with E-state index in [1.807, 2.05) is 7.05 Å². The summed E-state index contributed by atoms with van der Waals surface area (Å²) in [6.07, 6.45) is 4.70. The van der Waals surface area contributed by atoms with Crippen LogP contribution in [0.3, 0.4) is 0 Å². The highest BCUT2D eigenvalue weighted by molar-refractivity contribution is 5.80. The molecule has 1 aromatic rings. The Balaban J connectivity index is 2.46. The summed E-state index contributed by atoms with van der Waals surface area (Å²) in [5.74, 6) is 0.530. The summed E-state index contributed by atoms with van der Waals surface area (Å²) in [7, 11) is 1.81. The first-order chi connectivity index (χ1) is 8.06. The van der Waals surface area contributed by atoms with Crippen molar-refractivity contribution in [3.63, 3.8) is 0 Å². The molecule has 1 atom stereocenters. The number of nitrogens with one attached hydrogen (secondary N) is 1. The molecule has 0 bridgehead atoms. The van der Waals surface area contributed by atoms with Crippen LogP contribution in [-0.4, -0.2) is 27.8 Å². The van der Waals surface area contributed by atoms with E-state index < -0.39 is 6.10 Å². The molecule has 17 heavy (non-hydrogen) atoms. The van der Waals surface area contributed by atoms with E-state index in [0.29, 0.717) is 5.75 Å². The Kier molecular flexibility index (Phi) is 5.00. The molecule has 0 aliphatic carbocycles. The zero-order chi connectivity index (χ0) is 12.8. The molecule has 0 spiro atoms. The van der Waals surface area contributed by atoms with Crippen LogP contribution < -0.4 is 10.1 Å². The van der Waals surface area contributed by atoms with E-state index in [1.54, 1.807) is 24.0 Å². The number of carbonyl (C=O) groups is 1. The second-order valence-electron chi connectivity index (χ2n) is 4.13. The predicted octanol–water partition coefficient (Wildman–Crippen LogP) is 1.49. The molecule has 1 N–H and O–H groups in total. The molecule has 96 valence electrons. The molecule has 0 aliphatic rings. The van der Waals surface area contributed by atoms with Gasteiger partial charge >= 0.3 is 0 Å². The van der Waals surface area contributed by atoms with Crippen LogP contribution >= 0.6 is 0 Å². The first-order valence-electron chi connectivity index (χ1n) is 6.02. The van der Waals surface area contributed by atoms with E-state index in [1.165, 1.54) is 0 Å². The van der Waals surface area contributed by atoms with Gasteiger partial charge in [0.1, 0.15) is 0 Å². The van der Waals surface area contributed by atoms with Crippen LogP contribution in [0.5, 0.6) is 5.75 Å². The highest BCUT2D eigenvalue weighted by Gasteiger charge is 2.17. The van der Waals surface area contributed by atoms with E-state index in [-0.39, 0.29) is 11.9 Å². The van der Waals surface area contributed by atoms with Gasteiger partial charge in [-0.05, 0) is 19.8 Å². The lowest BCUT2D eigenvalue weighted by Gasteiger charge is -2.18. The van der Waals surface area contributed by atoms with E-state index in [9.17, 15) is 4.79 Å². The lowest BCUT2D eigenvalue weighted by atomic mass is 10.1. The van der Waals surface area contributed by atoms with Crippen molar-refractivity contribution < 1.29 is 9.53 Å². The van der Waals surface area contributed by atoms with Crippen LogP contribution in [0.25, 0.3) is 0 Å². The van der Waals surface area contributed by atoms with Crippen molar-refractivity contribution in [2.24, 2.45) is 7.05 Å². The summed E-state index contributed by atoms with van der Waals surface area (Å²) in [5.41, 5.74) is 0. The van der Waals surface area contributed by atoms with Crippen molar-refractivity contribution in [3.05, 3.63) is 12.4 Å². The minimum absolute atomic E-state index is 0.0810. The lowest BCUT2D eigenvalue weighted by Crippen LogP contribution is -2.42. The third kappa shape index (κ3) is 4.09. The van der Waals surface area contributed by atoms with Gasteiger partial charge in [-0.25, -0.2) is 0 Å². The Morgan fingerprint density at radius 1 is 1.53 bits per heavy atom. The van der Waals surface area contributed by atoms with Crippen molar-refractivity contribution in [1.82, 2.24) is 15.1 Å². The molecule has 1 unspecified atom stereocenters. The summed E-state index contributed by atoms with van der Waals surface area (Å²) in [5, 5.41) is 6.93. The molecule has 5 nitrogen and oxygen atoms in total. The number of carbonyl (C=O) groups excluding carboxylic acids is 1. The largest absolute Gasteiger partial charge is 0.478 e. The van der Waals surface area contributed by atoms with Crippen molar-refractivity contribution >= 4 is 5.91 Å². The van der Waals surface area contributed by atoms with E-state index in [2.05, 4.69) is 24.3 Å². The van der Waals surface area contributed by atoms with Gasteiger partial charge in [0, 0.05) is 13.1 Å². The third-order valence-corrected chi connectivity index (χ3v) is 2.70. The SMILES string of the molecule is CCC(CC)NC(=O)C(C)Oc1cnn(C)c1. The van der Waals surface area contributed by atoms with Crippen molar-refractivity contribution in [1.29, 1.82) is 0 Å². The maximum Gasteiger partial charge on any atom is 0.260 e. The van der Waals surface area contributed by atoms with Gasteiger partial charge in [-0.15, -0.1) is 0 Å². The molecule has 5 heteroatoms. The highest BCUT2D eigenvalue weighted by Crippen LogP contribution is 2.10. The molecular weight excluding hydrogens is 218 g/mol. The Morgan fingerprint density at radius 2 is 2.18 bits per heavy atom. The second kappa shape index (κ2) is 6.27. The highest BCUT2D eigenvalue weighted by atomic mass is 16.5. The number of ether oxygens (including phenoxy) is 1. The fraction of sp³-hybridized carbons (Fsp3) is 0.667. The Bertz CT molecular complexity index is 358. The van der Waals surface area contributed by atoms with Gasteiger partial charge < -0.3 is 10.1 Å². The van der Waals surface area contributed by atoms with Crippen LogP contribution in [0.4, 0.5) is 0 Å². The van der Waals surface area contributed by atoms with Gasteiger partial charge in [0.15, 0.2) is 11.9 Å². The molecular formula is C12H21N3O2. The summed E-state index contributed by atoms with van der Waals surface area (Å²) in [6.45, 7) is 5.85. The number of hydrogen-bond acceptors (Lipinski definition) is 3. The molecule has 0 saturated carbocycles. The third-order valence-electron chi connectivity index (χ3n) is 2.70. The number of nitrogens with zero attached hydrogens (tertiary/aromatic N) is 2. The van der Waals surface area contributed by atoms with Crippen molar-refractivity contribution in [2.45, 2.75) is 45.8 Å². The van der Waals surface area contributed by atoms with Crippen LogP contribution in [0, 0.1) is 0 Å². The number of hydrogen-bond donors (Lipinski definition) is 1. The number of aryl methyl sites for hydroxylation is 1. The van der Waals surface area contributed by atoms with E-state index in [4.69, 9.17) is 4.74 Å². The lowest BCUT2D eigenvalue weighted by molar-refractivity contribution is -0.128. The van der Waals surface area contributed by atoms with Gasteiger partial charge in [-0.3, -0.25) is 9.48 Å². The zero-order valence-corrected chi connectivity index (χ0v) is 10.9.